The lowest BCUT2D eigenvalue weighted by Gasteiger charge is -1.97. The van der Waals surface area contributed by atoms with Crippen LogP contribution < -0.4 is 11.5 Å². The number of hydrogen-bond acceptors (Lipinski definition) is 2. The van der Waals surface area contributed by atoms with E-state index in [1.54, 1.807) is 6.21 Å². The number of hydrogen-bond donors (Lipinski definition) is 2. The van der Waals surface area contributed by atoms with Gasteiger partial charge in [0.2, 0.25) is 5.96 Å². The normalized spacial score (nSPS) is 11.1. The van der Waals surface area contributed by atoms with Crippen molar-refractivity contribution < 1.29 is 0 Å². The number of fused-ring (bicyclic) bond motifs is 1. The van der Waals surface area contributed by atoms with Gasteiger partial charge in [0.25, 0.3) is 0 Å². The maximum absolute atomic E-state index is 5.18. The topological polar surface area (TPSA) is 81.7 Å². The van der Waals surface area contributed by atoms with E-state index in [1.165, 1.54) is 0 Å². The van der Waals surface area contributed by atoms with E-state index in [2.05, 4.69) is 10.2 Å². The molecule has 2 rings (SSSR count). The number of nitrogens with two attached hydrogens (primary N) is 2. The number of aromatic nitrogens is 1. The van der Waals surface area contributed by atoms with E-state index in [1.807, 2.05) is 41.9 Å². The van der Waals surface area contributed by atoms with Gasteiger partial charge < -0.3 is 16.0 Å². The largest absolute Gasteiger partial charge is 0.369 e. The van der Waals surface area contributed by atoms with E-state index in [0.29, 0.717) is 0 Å². The van der Waals surface area contributed by atoms with Crippen molar-refractivity contribution in [1.29, 1.82) is 0 Å². The monoisotopic (exact) mass is 215 g/mol. The van der Waals surface area contributed by atoms with Crippen LogP contribution >= 0.6 is 0 Å². The molecule has 0 aliphatic heterocycles. The van der Waals surface area contributed by atoms with E-state index in [9.17, 15) is 0 Å². The fraction of sp³-hybridized carbons (Fsp3) is 0.0909. The zero-order chi connectivity index (χ0) is 11.5. The molecule has 0 fully saturated rings. The molecule has 0 bridgehead atoms. The molecule has 0 unspecified atom stereocenters. The number of aryl methyl sites for hydroxylation is 1. The van der Waals surface area contributed by atoms with Gasteiger partial charge in [0.15, 0.2) is 0 Å². The van der Waals surface area contributed by atoms with Gasteiger partial charge in [0, 0.05) is 18.0 Å². The van der Waals surface area contributed by atoms with Gasteiger partial charge in [0.05, 0.1) is 11.9 Å². The van der Waals surface area contributed by atoms with Crippen molar-refractivity contribution in [2.24, 2.45) is 28.7 Å². The first-order valence-electron chi connectivity index (χ1n) is 4.85. The highest BCUT2D eigenvalue weighted by Crippen LogP contribution is 2.16. The first-order chi connectivity index (χ1) is 7.68. The predicted molar refractivity (Wildman–Crippen MR) is 66.3 cm³/mol. The SMILES string of the molecule is Cn1c(C=NN=C(N)N)cc2ccccc21. The Hall–Kier alpha value is -2.30. The summed E-state index contributed by atoms with van der Waals surface area (Å²) in [6.45, 7) is 0. The van der Waals surface area contributed by atoms with Crippen LogP contribution in [0.15, 0.2) is 40.5 Å². The Labute approximate surface area is 93.1 Å². The van der Waals surface area contributed by atoms with Crippen molar-refractivity contribution >= 4 is 23.1 Å². The molecule has 1 heterocycles. The van der Waals surface area contributed by atoms with Crippen LogP contribution in [-0.4, -0.2) is 16.7 Å². The van der Waals surface area contributed by atoms with Gasteiger partial charge in [-0.25, -0.2) is 0 Å². The molecule has 5 nitrogen and oxygen atoms in total. The van der Waals surface area contributed by atoms with E-state index in [0.717, 1.165) is 16.6 Å². The Morgan fingerprint density at radius 3 is 2.75 bits per heavy atom. The van der Waals surface area contributed by atoms with E-state index < -0.39 is 0 Å². The standard InChI is InChI=1S/C11H13N5/c1-16-9(7-14-15-11(12)13)6-8-4-2-3-5-10(8)16/h2-7H,1H3,(H4,12,13,15). The zero-order valence-electron chi connectivity index (χ0n) is 8.96. The van der Waals surface area contributed by atoms with Crippen molar-refractivity contribution in [3.05, 3.63) is 36.0 Å². The van der Waals surface area contributed by atoms with Crippen LogP contribution in [0, 0.1) is 0 Å². The average Bonchev–Trinajstić information content (AvgIpc) is 2.56. The molecule has 82 valence electrons. The van der Waals surface area contributed by atoms with E-state index >= 15 is 0 Å². The van der Waals surface area contributed by atoms with Crippen LogP contribution in [-0.2, 0) is 7.05 Å². The highest BCUT2D eigenvalue weighted by molar-refractivity contribution is 5.90. The van der Waals surface area contributed by atoms with Crippen molar-refractivity contribution in [2.45, 2.75) is 0 Å². The molecule has 4 N–H and O–H groups in total. The molecule has 0 spiro atoms. The lowest BCUT2D eigenvalue weighted by Crippen LogP contribution is -2.21. The summed E-state index contributed by atoms with van der Waals surface area (Å²) in [4.78, 5) is 0. The molecule has 16 heavy (non-hydrogen) atoms. The maximum atomic E-state index is 5.18. The highest BCUT2D eigenvalue weighted by Gasteiger charge is 2.01. The van der Waals surface area contributed by atoms with Gasteiger partial charge in [-0.3, -0.25) is 0 Å². The molecule has 0 radical (unpaired) electrons. The first-order valence-corrected chi connectivity index (χ1v) is 4.85. The van der Waals surface area contributed by atoms with Crippen LogP contribution in [0.5, 0.6) is 0 Å². The number of guanidine groups is 1. The summed E-state index contributed by atoms with van der Waals surface area (Å²) in [5.74, 6) is -0.0463. The van der Waals surface area contributed by atoms with Gasteiger partial charge >= 0.3 is 0 Å². The smallest absolute Gasteiger partial charge is 0.211 e. The third-order valence-electron chi connectivity index (χ3n) is 2.35. The van der Waals surface area contributed by atoms with Crippen molar-refractivity contribution in [1.82, 2.24) is 4.57 Å². The molecule has 5 heteroatoms. The molecule has 0 amide bonds. The third-order valence-corrected chi connectivity index (χ3v) is 2.35. The molecule has 0 atom stereocenters. The fourth-order valence-corrected chi connectivity index (χ4v) is 1.59. The Kier molecular flexibility index (Phi) is 2.59. The van der Waals surface area contributed by atoms with Crippen LogP contribution in [0.4, 0.5) is 0 Å². The zero-order valence-corrected chi connectivity index (χ0v) is 8.96. The lowest BCUT2D eigenvalue weighted by atomic mass is 10.2. The lowest BCUT2D eigenvalue weighted by molar-refractivity contribution is 0.957. The minimum absolute atomic E-state index is 0.0463. The van der Waals surface area contributed by atoms with Crippen LogP contribution in [0.25, 0.3) is 10.9 Å². The van der Waals surface area contributed by atoms with Gasteiger partial charge in [-0.2, -0.15) is 5.10 Å². The Morgan fingerprint density at radius 1 is 1.31 bits per heavy atom. The molecule has 2 aromatic rings. The number of para-hydroxylation sites is 1. The maximum Gasteiger partial charge on any atom is 0.211 e. The number of nitrogens with zero attached hydrogens (tertiary/aromatic N) is 3. The number of rotatable bonds is 2. The summed E-state index contributed by atoms with van der Waals surface area (Å²) in [5.41, 5.74) is 12.5. The molecular formula is C11H13N5. The van der Waals surface area contributed by atoms with Crippen molar-refractivity contribution in [3.8, 4) is 0 Å². The summed E-state index contributed by atoms with van der Waals surface area (Å²) in [6, 6.07) is 10.1. The first kappa shape index (κ1) is 10.2. The Morgan fingerprint density at radius 2 is 2.06 bits per heavy atom. The van der Waals surface area contributed by atoms with Crippen LogP contribution in [0.3, 0.4) is 0 Å². The van der Waals surface area contributed by atoms with Gasteiger partial charge in [-0.1, -0.05) is 18.2 Å². The van der Waals surface area contributed by atoms with Crippen LogP contribution in [0.1, 0.15) is 5.69 Å². The predicted octanol–water partition coefficient (Wildman–Crippen LogP) is 0.786. The van der Waals surface area contributed by atoms with Crippen molar-refractivity contribution in [3.63, 3.8) is 0 Å². The van der Waals surface area contributed by atoms with E-state index in [4.69, 9.17) is 11.5 Å². The summed E-state index contributed by atoms with van der Waals surface area (Å²) < 4.78 is 2.03. The van der Waals surface area contributed by atoms with Crippen LogP contribution in [0.2, 0.25) is 0 Å². The molecule has 0 saturated carbocycles. The third kappa shape index (κ3) is 1.88. The molecule has 0 aliphatic rings. The second-order valence-electron chi connectivity index (χ2n) is 3.46. The highest BCUT2D eigenvalue weighted by atomic mass is 15.3. The summed E-state index contributed by atoms with van der Waals surface area (Å²) in [7, 11) is 1.97. The number of benzene rings is 1. The Bertz CT molecular complexity index is 561. The quantitative estimate of drug-likeness (QED) is 0.441. The molecule has 1 aromatic heterocycles. The van der Waals surface area contributed by atoms with Gasteiger partial charge in [0.1, 0.15) is 0 Å². The molecule has 0 saturated heterocycles. The fourth-order valence-electron chi connectivity index (χ4n) is 1.59. The summed E-state index contributed by atoms with van der Waals surface area (Å²) in [6.07, 6.45) is 1.62. The van der Waals surface area contributed by atoms with E-state index in [-0.39, 0.29) is 5.96 Å². The molecule has 0 aliphatic carbocycles. The molecular weight excluding hydrogens is 202 g/mol. The second-order valence-corrected chi connectivity index (χ2v) is 3.46. The minimum atomic E-state index is -0.0463. The Balaban J connectivity index is 2.42. The minimum Gasteiger partial charge on any atom is -0.369 e. The van der Waals surface area contributed by atoms with Gasteiger partial charge in [-0.05, 0) is 12.1 Å². The summed E-state index contributed by atoms with van der Waals surface area (Å²) >= 11 is 0. The summed E-state index contributed by atoms with van der Waals surface area (Å²) in [5, 5.41) is 8.51. The average molecular weight is 215 g/mol. The second kappa shape index (κ2) is 4.06. The molecule has 1 aromatic carbocycles. The van der Waals surface area contributed by atoms with Gasteiger partial charge in [-0.15, -0.1) is 5.10 Å². The van der Waals surface area contributed by atoms with Crippen molar-refractivity contribution in [2.75, 3.05) is 0 Å².